The Morgan fingerprint density at radius 3 is 2.83 bits per heavy atom. The molecule has 146 valence electrons. The summed E-state index contributed by atoms with van der Waals surface area (Å²) >= 11 is 0. The Morgan fingerprint density at radius 2 is 1.93 bits per heavy atom. The number of carbonyl (C=O) groups excluding carboxylic acids is 1. The van der Waals surface area contributed by atoms with Gasteiger partial charge in [-0.2, -0.15) is 0 Å². The minimum atomic E-state index is -0.247. The highest BCUT2D eigenvalue weighted by molar-refractivity contribution is 6.08. The van der Waals surface area contributed by atoms with E-state index in [1.54, 1.807) is 30.5 Å². The van der Waals surface area contributed by atoms with Gasteiger partial charge >= 0.3 is 0 Å². The highest BCUT2D eigenvalue weighted by Crippen LogP contribution is 2.28. The third-order valence-corrected chi connectivity index (χ3v) is 4.94. The molecule has 30 heavy (non-hydrogen) atoms. The second-order valence-electron chi connectivity index (χ2n) is 6.92. The van der Waals surface area contributed by atoms with Crippen molar-refractivity contribution < 1.29 is 9.42 Å². The molecular weight excluding hydrogens is 380 g/mol. The molecule has 8 nitrogen and oxygen atoms in total. The molecule has 0 radical (unpaired) electrons. The molecule has 2 aromatic heterocycles. The molecule has 8 heteroatoms. The molecule has 0 aliphatic rings. The predicted molar refractivity (Wildman–Crippen MR) is 114 cm³/mol. The molecule has 0 aliphatic carbocycles. The third-order valence-electron chi connectivity index (χ3n) is 4.94. The van der Waals surface area contributed by atoms with E-state index >= 15 is 0 Å². The molecule has 0 atom stereocenters. The number of benzene rings is 3. The molecule has 1 amide bonds. The van der Waals surface area contributed by atoms with Crippen LogP contribution in [0, 0.1) is 6.92 Å². The van der Waals surface area contributed by atoms with Gasteiger partial charge in [0.2, 0.25) is 5.95 Å². The lowest BCUT2D eigenvalue weighted by Crippen LogP contribution is -2.12. The van der Waals surface area contributed by atoms with Crippen molar-refractivity contribution in [3.8, 4) is 11.1 Å². The number of hydrogen-bond donors (Lipinski definition) is 2. The van der Waals surface area contributed by atoms with Crippen LogP contribution < -0.4 is 11.1 Å². The standard InChI is InChI=1S/C22H16N6O2/c1-12-5-6-14(21(29)25-18-3-2-4-19-20(18)28-30-27-19)10-16(12)13-7-8-17-15(9-13)11-24-22(23)26-17/h2-11H,1H3,(H,25,29)(H2,23,24,26). The van der Waals surface area contributed by atoms with E-state index in [1.807, 2.05) is 37.3 Å². The third kappa shape index (κ3) is 3.10. The maximum atomic E-state index is 12.9. The fourth-order valence-corrected chi connectivity index (χ4v) is 3.39. The van der Waals surface area contributed by atoms with Crippen LogP contribution in [0.4, 0.5) is 11.6 Å². The van der Waals surface area contributed by atoms with Crippen molar-refractivity contribution in [2.75, 3.05) is 11.1 Å². The van der Waals surface area contributed by atoms with Crippen LogP contribution >= 0.6 is 0 Å². The molecule has 3 aromatic carbocycles. The van der Waals surface area contributed by atoms with E-state index in [4.69, 9.17) is 10.4 Å². The Hall–Kier alpha value is -4.33. The molecule has 0 aliphatic heterocycles. The lowest BCUT2D eigenvalue weighted by Gasteiger charge is -2.11. The van der Waals surface area contributed by atoms with E-state index in [0.717, 1.165) is 27.6 Å². The fraction of sp³-hybridized carbons (Fsp3) is 0.0455. The minimum absolute atomic E-state index is 0.238. The topological polar surface area (TPSA) is 120 Å². The Kier molecular flexibility index (Phi) is 4.10. The van der Waals surface area contributed by atoms with Gasteiger partial charge in [-0.1, -0.05) is 18.2 Å². The van der Waals surface area contributed by atoms with E-state index in [9.17, 15) is 4.79 Å². The molecule has 0 spiro atoms. The lowest BCUT2D eigenvalue weighted by molar-refractivity contribution is 0.102. The number of rotatable bonds is 3. The smallest absolute Gasteiger partial charge is 0.255 e. The summed E-state index contributed by atoms with van der Waals surface area (Å²) < 4.78 is 4.76. The summed E-state index contributed by atoms with van der Waals surface area (Å²) in [6.07, 6.45) is 1.69. The molecule has 0 bridgehead atoms. The Morgan fingerprint density at radius 1 is 1.03 bits per heavy atom. The second-order valence-corrected chi connectivity index (χ2v) is 6.92. The number of nitrogens with one attached hydrogen (secondary N) is 1. The van der Waals surface area contributed by atoms with E-state index in [-0.39, 0.29) is 11.9 Å². The van der Waals surface area contributed by atoms with Crippen molar-refractivity contribution in [2.45, 2.75) is 6.92 Å². The van der Waals surface area contributed by atoms with Gasteiger partial charge in [0, 0.05) is 17.1 Å². The second kappa shape index (κ2) is 6.93. The van der Waals surface area contributed by atoms with Crippen LogP contribution in [0.15, 0.2) is 65.4 Å². The van der Waals surface area contributed by atoms with Crippen molar-refractivity contribution in [1.29, 1.82) is 0 Å². The SMILES string of the molecule is Cc1ccc(C(=O)Nc2cccc3nonc23)cc1-c1ccc2nc(N)ncc2c1. The zero-order valence-corrected chi connectivity index (χ0v) is 16.0. The molecule has 0 saturated heterocycles. The van der Waals surface area contributed by atoms with Gasteiger partial charge in [0.1, 0.15) is 5.52 Å². The number of hydrogen-bond acceptors (Lipinski definition) is 7. The van der Waals surface area contributed by atoms with Gasteiger partial charge in [-0.05, 0) is 70.3 Å². The van der Waals surface area contributed by atoms with E-state index in [2.05, 4.69) is 25.6 Å². The van der Waals surface area contributed by atoms with Crippen molar-refractivity contribution in [2.24, 2.45) is 0 Å². The number of carbonyl (C=O) groups is 1. The van der Waals surface area contributed by atoms with Crippen LogP contribution in [0.3, 0.4) is 0 Å². The summed E-state index contributed by atoms with van der Waals surface area (Å²) in [6, 6.07) is 16.7. The van der Waals surface area contributed by atoms with Crippen molar-refractivity contribution in [3.05, 3.63) is 71.9 Å². The predicted octanol–water partition coefficient (Wildman–Crippen LogP) is 3.98. The molecule has 5 rings (SSSR count). The molecule has 2 heterocycles. The van der Waals surface area contributed by atoms with Crippen LogP contribution in [0.5, 0.6) is 0 Å². The molecular formula is C22H16N6O2. The number of nitrogen functional groups attached to an aromatic ring is 1. The first kappa shape index (κ1) is 17.7. The van der Waals surface area contributed by atoms with Crippen LogP contribution in [0.1, 0.15) is 15.9 Å². The first-order valence-corrected chi connectivity index (χ1v) is 9.24. The number of aryl methyl sites for hydroxylation is 1. The van der Waals surface area contributed by atoms with Gasteiger partial charge in [-0.15, -0.1) is 0 Å². The molecule has 3 N–H and O–H groups in total. The first-order valence-electron chi connectivity index (χ1n) is 9.24. The number of aromatic nitrogens is 4. The normalized spacial score (nSPS) is 11.1. The van der Waals surface area contributed by atoms with Crippen molar-refractivity contribution >= 4 is 39.5 Å². The summed E-state index contributed by atoms with van der Waals surface area (Å²) in [4.78, 5) is 21.2. The van der Waals surface area contributed by atoms with Gasteiger partial charge < -0.3 is 11.1 Å². The number of nitrogens with zero attached hydrogens (tertiary/aromatic N) is 4. The summed E-state index contributed by atoms with van der Waals surface area (Å²) in [5.74, 6) is -0.00826. The van der Waals surface area contributed by atoms with Gasteiger partial charge in [0.15, 0.2) is 5.52 Å². The van der Waals surface area contributed by atoms with E-state index in [1.165, 1.54) is 0 Å². The van der Waals surface area contributed by atoms with Crippen molar-refractivity contribution in [3.63, 3.8) is 0 Å². The number of nitrogens with two attached hydrogens (primary N) is 1. The summed E-state index contributed by atoms with van der Waals surface area (Å²) in [5, 5.41) is 11.4. The summed E-state index contributed by atoms with van der Waals surface area (Å²) in [5.41, 5.74) is 11.5. The fourth-order valence-electron chi connectivity index (χ4n) is 3.39. The monoisotopic (exact) mass is 396 g/mol. The summed E-state index contributed by atoms with van der Waals surface area (Å²) in [7, 11) is 0. The Bertz CT molecular complexity index is 1430. The molecule has 5 aromatic rings. The van der Waals surface area contributed by atoms with Crippen LogP contribution in [-0.4, -0.2) is 26.2 Å². The van der Waals surface area contributed by atoms with Crippen molar-refractivity contribution in [1.82, 2.24) is 20.3 Å². The van der Waals surface area contributed by atoms with E-state index in [0.29, 0.717) is 22.3 Å². The average Bonchev–Trinajstić information content (AvgIpc) is 3.23. The maximum absolute atomic E-state index is 12.9. The highest BCUT2D eigenvalue weighted by Gasteiger charge is 2.13. The maximum Gasteiger partial charge on any atom is 0.255 e. The zero-order chi connectivity index (χ0) is 20.7. The van der Waals surface area contributed by atoms with Crippen LogP contribution in [0.25, 0.3) is 33.1 Å². The zero-order valence-electron chi connectivity index (χ0n) is 16.0. The largest absolute Gasteiger partial charge is 0.368 e. The van der Waals surface area contributed by atoms with Gasteiger partial charge in [-0.3, -0.25) is 4.79 Å². The van der Waals surface area contributed by atoms with Crippen LogP contribution in [-0.2, 0) is 0 Å². The van der Waals surface area contributed by atoms with E-state index < -0.39 is 0 Å². The summed E-state index contributed by atoms with van der Waals surface area (Å²) in [6.45, 7) is 2.00. The number of fused-ring (bicyclic) bond motifs is 2. The van der Waals surface area contributed by atoms with Gasteiger partial charge in [0.05, 0.1) is 11.2 Å². The molecule has 0 saturated carbocycles. The highest BCUT2D eigenvalue weighted by atomic mass is 16.6. The lowest BCUT2D eigenvalue weighted by atomic mass is 9.97. The Balaban J connectivity index is 1.51. The number of amides is 1. The number of anilines is 2. The Labute approximate surface area is 170 Å². The quantitative estimate of drug-likeness (QED) is 0.473. The molecule has 0 fully saturated rings. The van der Waals surface area contributed by atoms with Gasteiger partial charge in [0.25, 0.3) is 5.91 Å². The average molecular weight is 396 g/mol. The van der Waals surface area contributed by atoms with Gasteiger partial charge in [-0.25, -0.2) is 14.6 Å². The van der Waals surface area contributed by atoms with Crippen LogP contribution in [0.2, 0.25) is 0 Å². The minimum Gasteiger partial charge on any atom is -0.368 e. The first-order chi connectivity index (χ1) is 14.6. The molecule has 0 unspecified atom stereocenters.